The number of para-hydroxylation sites is 2. The third-order valence-electron chi connectivity index (χ3n) is 12.0. The summed E-state index contributed by atoms with van der Waals surface area (Å²) < 4.78 is 91.9. The summed E-state index contributed by atoms with van der Waals surface area (Å²) in [5, 5.41) is 5.07. The molecule has 24 heteroatoms. The van der Waals surface area contributed by atoms with E-state index in [-0.39, 0.29) is 73.8 Å². The number of halogens is 8. The third kappa shape index (κ3) is 13.4. The summed E-state index contributed by atoms with van der Waals surface area (Å²) in [4.78, 5) is 55.9. The van der Waals surface area contributed by atoms with Gasteiger partial charge in [0, 0.05) is 88.3 Å². The lowest BCUT2D eigenvalue weighted by Crippen LogP contribution is -2.66. The van der Waals surface area contributed by atoms with Gasteiger partial charge >= 0.3 is 12.4 Å². The van der Waals surface area contributed by atoms with Crippen molar-refractivity contribution in [3.05, 3.63) is 94.6 Å². The van der Waals surface area contributed by atoms with Gasteiger partial charge in [0.05, 0.1) is 54.3 Å². The topological polar surface area (TPSA) is 123 Å². The van der Waals surface area contributed by atoms with Crippen molar-refractivity contribution < 1.29 is 35.9 Å². The molecule has 2 N–H and O–H groups in total. The Morgan fingerprint density at radius 1 is 0.586 bits per heavy atom. The molecule has 0 spiro atoms. The molecule has 0 aliphatic carbocycles. The first-order chi connectivity index (χ1) is 32.4. The average Bonchev–Trinajstić information content (AvgIpc) is 3.91. The Morgan fingerprint density at radius 3 is 1.29 bits per heavy atom. The smallest absolute Gasteiger partial charge is 0.323 e. The number of carbonyl (C=O) groups is 2. The van der Waals surface area contributed by atoms with E-state index >= 15 is 9.59 Å². The Bertz CT molecular complexity index is 2510. The number of fused-ring (bicyclic) bond motifs is 2. The van der Waals surface area contributed by atoms with Crippen LogP contribution in [0.2, 0.25) is 0 Å². The summed E-state index contributed by atoms with van der Waals surface area (Å²) in [6.45, 7) is 9.72. The van der Waals surface area contributed by atoms with Crippen molar-refractivity contribution in [1.82, 2.24) is 39.5 Å². The van der Waals surface area contributed by atoms with Crippen LogP contribution < -0.4 is 10.6 Å². The second-order valence-electron chi connectivity index (χ2n) is 16.8. The standard InChI is InChI=1S/C46H50F6N10O2S4.2ClH/c1-27-25-31(45(47,48)49)37(29(3)53-27)57-41(63)39(61-17-13-59(14-18-61)21-23-65-43-55-33-9-5-7-11-35(33)67-43)40(42(64)58-38-30(4)54-28(2)26-32(38)46(50,51)52)62-19-15-60(16-20-62)22-24-66-44-56-34-10-6-8-12-36(34)68-44;;/h5-12,25-26,39-40H,13-24H2,1-4H3,(H,57,63)(H,58,64);2*1H. The van der Waals surface area contributed by atoms with Gasteiger partial charge in [-0.2, -0.15) is 26.3 Å². The minimum absolute atomic E-state index is 0. The van der Waals surface area contributed by atoms with Crippen LogP contribution in [0.15, 0.2) is 69.3 Å². The number of piperazine rings is 2. The van der Waals surface area contributed by atoms with Gasteiger partial charge in [0.25, 0.3) is 0 Å². The van der Waals surface area contributed by atoms with Gasteiger partial charge in [-0.15, -0.1) is 47.5 Å². The molecule has 0 saturated carbocycles. The summed E-state index contributed by atoms with van der Waals surface area (Å²) in [5.41, 5.74) is -1.38. The van der Waals surface area contributed by atoms with Crippen LogP contribution in [0.1, 0.15) is 33.9 Å². The normalized spacial score (nSPS) is 16.4. The molecule has 70 heavy (non-hydrogen) atoms. The molecule has 2 saturated heterocycles. The maximum absolute atomic E-state index is 15.0. The summed E-state index contributed by atoms with van der Waals surface area (Å²) in [7, 11) is 0. The Hall–Kier alpha value is -3.84. The van der Waals surface area contributed by atoms with E-state index in [2.05, 4.69) is 30.4 Å². The van der Waals surface area contributed by atoms with E-state index in [0.29, 0.717) is 39.3 Å². The molecule has 0 radical (unpaired) electrons. The molecule has 2 aliphatic heterocycles. The van der Waals surface area contributed by atoms with Crippen molar-refractivity contribution in [2.45, 2.75) is 60.8 Å². The van der Waals surface area contributed by atoms with E-state index in [1.807, 2.05) is 48.5 Å². The van der Waals surface area contributed by atoms with Gasteiger partial charge in [-0.3, -0.25) is 39.2 Å². The molecule has 6 aromatic rings. The van der Waals surface area contributed by atoms with E-state index in [9.17, 15) is 26.3 Å². The summed E-state index contributed by atoms with van der Waals surface area (Å²) in [5.74, 6) is -0.366. The molecule has 2 unspecified atom stereocenters. The first-order valence-corrected chi connectivity index (χ1v) is 25.6. The summed E-state index contributed by atoms with van der Waals surface area (Å²) in [6.07, 6.45) is -9.73. The molecule has 378 valence electrons. The van der Waals surface area contributed by atoms with Crippen LogP contribution in [0.3, 0.4) is 0 Å². The number of alkyl halides is 6. The molecule has 12 nitrogen and oxygen atoms in total. The fourth-order valence-corrected chi connectivity index (χ4v) is 13.0. The van der Waals surface area contributed by atoms with Crippen LogP contribution >= 0.6 is 71.0 Å². The highest BCUT2D eigenvalue weighted by atomic mass is 35.5. The van der Waals surface area contributed by atoms with Crippen molar-refractivity contribution in [3.63, 3.8) is 0 Å². The molecule has 2 amide bonds. The van der Waals surface area contributed by atoms with E-state index < -0.39 is 58.8 Å². The van der Waals surface area contributed by atoms with Gasteiger partial charge in [0.2, 0.25) is 11.8 Å². The SMILES string of the molecule is Cc1cc(C(F)(F)F)c(NC(=O)C(C(C(=O)Nc2c(C(F)(F)F)cc(C)nc2C)N2CCN(CCSc3nc4ccccc4s3)CC2)N2CCN(CCSc3nc4ccccc4s3)CC2)c(C)n1.Cl.Cl. The molecule has 4 aromatic heterocycles. The monoisotopic (exact) mass is 1090 g/mol. The number of amides is 2. The van der Waals surface area contributed by atoms with E-state index in [0.717, 1.165) is 52.8 Å². The number of nitrogens with zero attached hydrogens (tertiary/aromatic N) is 8. The average molecular weight is 1090 g/mol. The zero-order valence-electron chi connectivity index (χ0n) is 38.5. The first-order valence-electron chi connectivity index (χ1n) is 22.0. The number of nitrogens with one attached hydrogen (secondary N) is 2. The number of anilines is 2. The lowest BCUT2D eigenvalue weighted by atomic mass is 9.98. The minimum atomic E-state index is -4.87. The number of aromatic nitrogens is 4. The van der Waals surface area contributed by atoms with Crippen molar-refractivity contribution in [1.29, 1.82) is 0 Å². The predicted molar refractivity (Wildman–Crippen MR) is 273 cm³/mol. The number of rotatable bonds is 15. The number of hydrogen-bond acceptors (Lipinski definition) is 14. The highest BCUT2D eigenvalue weighted by Gasteiger charge is 2.46. The van der Waals surface area contributed by atoms with Gasteiger partial charge in [-0.25, -0.2) is 9.97 Å². The van der Waals surface area contributed by atoms with Crippen molar-refractivity contribution in [2.24, 2.45) is 0 Å². The number of thioether (sulfide) groups is 2. The maximum atomic E-state index is 15.0. The fraction of sp³-hybridized carbons (Fsp3) is 0.435. The zero-order chi connectivity index (χ0) is 48.3. The number of carbonyl (C=O) groups excluding carboxylic acids is 2. The number of benzene rings is 2. The molecule has 2 aromatic carbocycles. The van der Waals surface area contributed by atoms with Crippen molar-refractivity contribution >= 4 is 115 Å². The fourth-order valence-electron chi connectivity index (χ4n) is 8.71. The minimum Gasteiger partial charge on any atom is -0.323 e. The third-order valence-corrected chi connectivity index (χ3v) is 16.3. The molecule has 6 heterocycles. The Balaban J connectivity index is 0.00000402. The van der Waals surface area contributed by atoms with Crippen LogP contribution in [0.5, 0.6) is 0 Å². The van der Waals surface area contributed by atoms with Gasteiger partial charge in [0.1, 0.15) is 12.1 Å². The Labute approximate surface area is 430 Å². The zero-order valence-corrected chi connectivity index (χ0v) is 43.4. The van der Waals surface area contributed by atoms with E-state index in [1.165, 1.54) is 27.7 Å². The first kappa shape index (κ1) is 55.5. The molecule has 2 aliphatic rings. The quantitative estimate of drug-likeness (QED) is 0.0752. The second-order valence-corrected chi connectivity index (χ2v) is 21.5. The van der Waals surface area contributed by atoms with Crippen LogP contribution in [-0.2, 0) is 21.9 Å². The molecule has 8 rings (SSSR count). The van der Waals surface area contributed by atoms with Crippen LogP contribution in [0, 0.1) is 27.7 Å². The molecular weight excluding hydrogens is 1040 g/mol. The number of aryl methyl sites for hydroxylation is 4. The van der Waals surface area contributed by atoms with Gasteiger partial charge in [-0.05, 0) is 64.1 Å². The summed E-state index contributed by atoms with van der Waals surface area (Å²) >= 11 is 6.50. The van der Waals surface area contributed by atoms with Gasteiger partial charge in [0.15, 0.2) is 8.68 Å². The predicted octanol–water partition coefficient (Wildman–Crippen LogP) is 9.95. The highest BCUT2D eigenvalue weighted by Crippen LogP contribution is 2.39. The second kappa shape index (κ2) is 23.8. The van der Waals surface area contributed by atoms with Gasteiger partial charge in [-0.1, -0.05) is 47.8 Å². The van der Waals surface area contributed by atoms with Gasteiger partial charge < -0.3 is 10.6 Å². The molecule has 0 bridgehead atoms. The lowest BCUT2D eigenvalue weighted by Gasteiger charge is -2.46. The Morgan fingerprint density at radius 2 is 0.943 bits per heavy atom. The van der Waals surface area contributed by atoms with Crippen LogP contribution in [0.4, 0.5) is 37.7 Å². The van der Waals surface area contributed by atoms with Crippen molar-refractivity contribution in [2.75, 3.05) is 87.6 Å². The largest absolute Gasteiger partial charge is 0.418 e. The van der Waals surface area contributed by atoms with E-state index in [1.54, 1.807) is 56.0 Å². The van der Waals surface area contributed by atoms with Crippen LogP contribution in [-0.4, -0.2) is 140 Å². The molecule has 2 fully saturated rings. The lowest BCUT2D eigenvalue weighted by molar-refractivity contribution is -0.139. The number of thiazole rings is 2. The molecule has 2 atom stereocenters. The maximum Gasteiger partial charge on any atom is 0.418 e. The molecular formula is C46H52Cl2F6N10O2S4. The summed E-state index contributed by atoms with van der Waals surface area (Å²) in [6, 6.07) is 14.6. The highest BCUT2D eigenvalue weighted by molar-refractivity contribution is 8.01. The van der Waals surface area contributed by atoms with E-state index in [4.69, 9.17) is 9.97 Å². The van der Waals surface area contributed by atoms with Crippen LogP contribution in [0.25, 0.3) is 20.4 Å². The van der Waals surface area contributed by atoms with Crippen molar-refractivity contribution in [3.8, 4) is 0 Å². The number of pyridine rings is 2. The Kier molecular flexibility index (Phi) is 18.9. The number of hydrogen-bond donors (Lipinski definition) is 2.